The number of fused-ring (bicyclic) bond motifs is 5. The van der Waals surface area contributed by atoms with E-state index < -0.39 is 143 Å². The van der Waals surface area contributed by atoms with Gasteiger partial charge in [-0.1, -0.05) is 62.4 Å². The minimum absolute atomic E-state index is 0.0125. The molecular weight excluding hydrogens is 959 g/mol. The number of hydrogen-bond donors (Lipinski definition) is 4. The van der Waals surface area contributed by atoms with Gasteiger partial charge in [-0.15, -0.1) is 0 Å². The SMILES string of the molecule is COCCOC(=O)C(C)OC(=O)CC(=O)OC(C(=O)OC1CC2(O)C(OC(=O)c3ccccc3)C3C4(OC(C)=O)COC4CC(O)C3(C)C(=O)[C@@H](O)C(=C1C)C2(C)C)C(NC(=O)OC(C)(C)C)c1ccccc1. The zero-order valence-electron chi connectivity index (χ0n) is 42.5. The number of hydrogen-bond acceptors (Lipinski definition) is 20. The third kappa shape index (κ3) is 11.2. The van der Waals surface area contributed by atoms with E-state index in [4.69, 9.17) is 42.6 Å². The molecule has 2 aromatic rings. The summed E-state index contributed by atoms with van der Waals surface area (Å²) in [4.78, 5) is 110. The highest BCUT2D eigenvalue weighted by Crippen LogP contribution is 2.64. The standard InChI is InChI=1S/C52H65NO20/c1-27-32(69-46(62)40(38(30-17-13-11-14-18-30)53-47(63)73-48(4,5)6)70-36(57)24-35(56)68-28(2)44(60)66-22-21-65-10)25-52(64)43(71-45(61)31-19-15-12-16-20-31)41-50(9,42(59)39(58)37(27)49(52,7)8)33(55)23-34-51(41,26-67-34)72-29(3)54/h11-20,28,32-34,38-41,43,55,58,64H,21-26H2,1-10H3,(H,53,63)/t28?,32?,33?,34?,38?,39-,40?,41?,43?,50?,51?,52?/m0/s1. The molecule has 3 aliphatic carbocycles. The Hall–Kier alpha value is -6.26. The van der Waals surface area contributed by atoms with Crippen molar-refractivity contribution in [2.24, 2.45) is 16.7 Å². The highest BCUT2D eigenvalue weighted by Gasteiger charge is 2.78. The van der Waals surface area contributed by atoms with Gasteiger partial charge in [-0.05, 0) is 70.4 Å². The van der Waals surface area contributed by atoms with Crippen LogP contribution in [0.5, 0.6) is 0 Å². The molecular formula is C52H65NO20. The number of aliphatic hydroxyl groups excluding tert-OH is 2. The van der Waals surface area contributed by atoms with Crippen LogP contribution in [0.25, 0.3) is 0 Å². The van der Waals surface area contributed by atoms with Gasteiger partial charge in [0.25, 0.3) is 0 Å². The van der Waals surface area contributed by atoms with Crippen LogP contribution in [0.3, 0.4) is 0 Å². The summed E-state index contributed by atoms with van der Waals surface area (Å²) in [6.45, 7) is 12.3. The lowest BCUT2D eigenvalue weighted by Gasteiger charge is -2.67. The van der Waals surface area contributed by atoms with Crippen LogP contribution in [0, 0.1) is 16.7 Å². The fourth-order valence-electron chi connectivity index (χ4n) is 10.6. The Morgan fingerprint density at radius 3 is 2.07 bits per heavy atom. The third-order valence-electron chi connectivity index (χ3n) is 14.3. The molecule has 6 rings (SSSR count). The van der Waals surface area contributed by atoms with Crippen molar-refractivity contribution in [2.75, 3.05) is 26.9 Å². The summed E-state index contributed by atoms with van der Waals surface area (Å²) in [7, 11) is 1.39. The van der Waals surface area contributed by atoms with Crippen LogP contribution in [-0.2, 0) is 71.4 Å². The summed E-state index contributed by atoms with van der Waals surface area (Å²) in [5, 5.41) is 40.7. The molecule has 0 radical (unpaired) electrons. The minimum atomic E-state index is -2.51. The lowest BCUT2D eigenvalue weighted by molar-refractivity contribution is -0.346. The lowest BCUT2D eigenvalue weighted by Crippen LogP contribution is -2.81. The van der Waals surface area contributed by atoms with Crippen molar-refractivity contribution in [3.63, 3.8) is 0 Å². The van der Waals surface area contributed by atoms with Gasteiger partial charge >= 0.3 is 41.9 Å². The smallest absolute Gasteiger partial charge is 0.408 e. The molecule has 0 aromatic heterocycles. The molecule has 0 spiro atoms. The van der Waals surface area contributed by atoms with E-state index in [0.29, 0.717) is 0 Å². The molecule has 21 nitrogen and oxygen atoms in total. The van der Waals surface area contributed by atoms with Gasteiger partial charge in [-0.25, -0.2) is 19.2 Å². The van der Waals surface area contributed by atoms with E-state index in [2.05, 4.69) is 5.32 Å². The van der Waals surface area contributed by atoms with Gasteiger partial charge in [0.2, 0.25) is 6.10 Å². The Morgan fingerprint density at radius 1 is 0.877 bits per heavy atom. The Morgan fingerprint density at radius 2 is 1.49 bits per heavy atom. The molecule has 1 amide bonds. The first-order valence-electron chi connectivity index (χ1n) is 23.8. The minimum Gasteiger partial charge on any atom is -0.461 e. The number of ether oxygens (including phenoxy) is 9. The molecule has 398 valence electrons. The monoisotopic (exact) mass is 1020 g/mol. The number of aliphatic hydroxyl groups is 3. The second-order valence-electron chi connectivity index (χ2n) is 20.5. The maximum Gasteiger partial charge on any atom is 0.408 e. The second kappa shape index (κ2) is 21.7. The Labute approximate surface area is 422 Å². The number of amides is 1. The van der Waals surface area contributed by atoms with Crippen LogP contribution in [0.1, 0.15) is 104 Å². The molecule has 21 heteroatoms. The zero-order chi connectivity index (χ0) is 54.0. The van der Waals surface area contributed by atoms with Gasteiger partial charge in [0.05, 0.1) is 36.2 Å². The molecule has 4 aliphatic rings. The van der Waals surface area contributed by atoms with E-state index in [9.17, 15) is 44.1 Å². The topological polar surface area (TPSA) is 292 Å². The molecule has 1 heterocycles. The van der Waals surface area contributed by atoms with Gasteiger partial charge in [-0.2, -0.15) is 0 Å². The fourth-order valence-corrected chi connectivity index (χ4v) is 10.6. The zero-order valence-corrected chi connectivity index (χ0v) is 42.5. The fraction of sp³-hybridized carbons (Fsp3) is 0.577. The van der Waals surface area contributed by atoms with E-state index in [1.807, 2.05) is 0 Å². The molecule has 1 saturated heterocycles. The third-order valence-corrected chi connectivity index (χ3v) is 14.3. The molecule has 2 saturated carbocycles. The molecule has 12 atom stereocenters. The summed E-state index contributed by atoms with van der Waals surface area (Å²) < 4.78 is 50.6. The summed E-state index contributed by atoms with van der Waals surface area (Å²) in [5.74, 6) is -9.45. The van der Waals surface area contributed by atoms with Crippen LogP contribution in [-0.4, -0.2) is 149 Å². The van der Waals surface area contributed by atoms with Crippen molar-refractivity contribution in [1.82, 2.24) is 5.32 Å². The van der Waals surface area contributed by atoms with Crippen molar-refractivity contribution >= 4 is 47.7 Å². The molecule has 2 bridgehead atoms. The number of benzene rings is 2. The van der Waals surface area contributed by atoms with Gasteiger partial charge in [0.15, 0.2) is 17.5 Å². The number of nitrogens with one attached hydrogen (secondary N) is 1. The van der Waals surface area contributed by atoms with Crippen LogP contribution < -0.4 is 5.32 Å². The summed E-state index contributed by atoms with van der Waals surface area (Å²) >= 11 is 0. The Bertz CT molecular complexity index is 2470. The predicted octanol–water partition coefficient (Wildman–Crippen LogP) is 3.32. The van der Waals surface area contributed by atoms with Gasteiger partial charge in [-0.3, -0.25) is 19.2 Å². The van der Waals surface area contributed by atoms with Crippen molar-refractivity contribution in [1.29, 1.82) is 0 Å². The molecule has 2 aromatic carbocycles. The molecule has 73 heavy (non-hydrogen) atoms. The maximum atomic E-state index is 15.2. The molecule has 3 fully saturated rings. The van der Waals surface area contributed by atoms with E-state index in [1.54, 1.807) is 57.2 Å². The molecule has 1 aliphatic heterocycles. The Kier molecular flexibility index (Phi) is 16.6. The first kappa shape index (κ1) is 56.0. The Balaban J connectivity index is 1.47. The van der Waals surface area contributed by atoms with Crippen LogP contribution in [0.4, 0.5) is 4.79 Å². The van der Waals surface area contributed by atoms with Crippen molar-refractivity contribution in [3.05, 3.63) is 82.9 Å². The van der Waals surface area contributed by atoms with Gasteiger partial charge < -0.3 is 63.3 Å². The number of alkyl carbamates (subject to hydrolysis) is 1. The first-order valence-corrected chi connectivity index (χ1v) is 23.8. The quantitative estimate of drug-likeness (QED) is 0.0616. The van der Waals surface area contributed by atoms with Gasteiger partial charge in [0, 0.05) is 32.3 Å². The normalized spacial score (nSPS) is 29.4. The number of carbonyl (C=O) groups excluding carboxylic acids is 8. The van der Waals surface area contributed by atoms with E-state index >= 15 is 9.59 Å². The summed E-state index contributed by atoms with van der Waals surface area (Å²) in [6.07, 6.45) is -15.3. The average Bonchev–Trinajstić information content (AvgIpc) is 3.31. The summed E-state index contributed by atoms with van der Waals surface area (Å²) in [5.41, 5.74) is -9.28. The number of Topliss-reactive ketones (excluding diaryl/α,β-unsaturated/α-hetero) is 1. The van der Waals surface area contributed by atoms with Crippen molar-refractivity contribution in [2.45, 2.75) is 147 Å². The van der Waals surface area contributed by atoms with Crippen LogP contribution in [0.15, 0.2) is 71.8 Å². The molecule has 4 N–H and O–H groups in total. The highest BCUT2D eigenvalue weighted by molar-refractivity contribution is 5.95. The lowest BCUT2D eigenvalue weighted by atomic mass is 9.44. The first-order chi connectivity index (χ1) is 34.1. The number of methoxy groups -OCH3 is 1. The van der Waals surface area contributed by atoms with E-state index in [1.165, 1.54) is 66.0 Å². The van der Waals surface area contributed by atoms with Crippen LogP contribution >= 0.6 is 0 Å². The molecule has 11 unspecified atom stereocenters. The largest absolute Gasteiger partial charge is 0.461 e. The number of rotatable bonds is 16. The predicted molar refractivity (Wildman–Crippen MR) is 250 cm³/mol. The van der Waals surface area contributed by atoms with Gasteiger partial charge in [0.1, 0.15) is 54.7 Å². The van der Waals surface area contributed by atoms with Crippen molar-refractivity contribution < 1.29 is 96.3 Å². The average molecular weight is 1020 g/mol. The number of ketones is 1. The van der Waals surface area contributed by atoms with Crippen LogP contribution in [0.2, 0.25) is 0 Å². The van der Waals surface area contributed by atoms with E-state index in [0.717, 1.165) is 6.92 Å². The number of carbonyl (C=O) groups is 8. The second-order valence-corrected chi connectivity index (χ2v) is 20.5. The van der Waals surface area contributed by atoms with Crippen molar-refractivity contribution in [3.8, 4) is 0 Å². The highest BCUT2D eigenvalue weighted by atomic mass is 16.6. The number of esters is 6. The summed E-state index contributed by atoms with van der Waals surface area (Å²) in [6, 6.07) is 13.7. The maximum absolute atomic E-state index is 15.2. The van der Waals surface area contributed by atoms with E-state index in [-0.39, 0.29) is 48.5 Å².